The highest BCUT2D eigenvalue weighted by molar-refractivity contribution is 5.91. The summed E-state index contributed by atoms with van der Waals surface area (Å²) in [6.07, 6.45) is 0.212. The van der Waals surface area contributed by atoms with Gasteiger partial charge in [-0.25, -0.2) is 5.43 Å². The highest BCUT2D eigenvalue weighted by Crippen LogP contribution is 2.27. The van der Waals surface area contributed by atoms with Gasteiger partial charge in [0.2, 0.25) is 12.0 Å². The zero-order valence-corrected chi connectivity index (χ0v) is 24.7. The molecule has 11 heteroatoms. The van der Waals surface area contributed by atoms with Crippen molar-refractivity contribution in [2.45, 2.75) is 90.6 Å². The summed E-state index contributed by atoms with van der Waals surface area (Å²) in [4.78, 5) is 57.8. The quantitative estimate of drug-likeness (QED) is 0.470. The Kier molecular flexibility index (Phi) is 9.28. The van der Waals surface area contributed by atoms with Gasteiger partial charge in [-0.15, -0.1) is 0 Å². The van der Waals surface area contributed by atoms with Crippen LogP contribution in [0.25, 0.3) is 10.9 Å². The van der Waals surface area contributed by atoms with Crippen molar-refractivity contribution in [2.75, 3.05) is 13.7 Å². The van der Waals surface area contributed by atoms with Gasteiger partial charge < -0.3 is 20.1 Å². The minimum absolute atomic E-state index is 0.239. The van der Waals surface area contributed by atoms with Gasteiger partial charge in [-0.2, -0.15) is 0 Å². The molecule has 0 saturated carbocycles. The van der Waals surface area contributed by atoms with Crippen LogP contribution < -0.4 is 16.1 Å². The molecule has 1 aromatic heterocycles. The van der Waals surface area contributed by atoms with Crippen LogP contribution in [0.3, 0.4) is 0 Å². The molecular formula is C30H41N5O6. The fourth-order valence-electron chi connectivity index (χ4n) is 5.01. The van der Waals surface area contributed by atoms with E-state index < -0.39 is 47.5 Å². The molecule has 1 fully saturated rings. The second-order valence-corrected chi connectivity index (χ2v) is 11.7. The molecule has 1 aromatic carbocycles. The zero-order chi connectivity index (χ0) is 29.9. The number of rotatable bonds is 2. The lowest BCUT2D eigenvalue weighted by Gasteiger charge is -2.35. The molecule has 0 unspecified atom stereocenters. The second-order valence-electron chi connectivity index (χ2n) is 11.7. The van der Waals surface area contributed by atoms with Crippen LogP contribution in [0.1, 0.15) is 71.2 Å². The number of ether oxygens (including phenoxy) is 2. The van der Waals surface area contributed by atoms with Crippen LogP contribution in [0.15, 0.2) is 30.3 Å². The van der Waals surface area contributed by atoms with Gasteiger partial charge in [-0.3, -0.25) is 29.2 Å². The van der Waals surface area contributed by atoms with Crippen LogP contribution in [-0.2, 0) is 35.1 Å². The molecule has 3 amide bonds. The third-order valence-electron chi connectivity index (χ3n) is 7.96. The van der Waals surface area contributed by atoms with E-state index in [2.05, 4.69) is 16.1 Å². The van der Waals surface area contributed by atoms with Crippen LogP contribution in [-0.4, -0.2) is 71.6 Å². The molecule has 5 atom stereocenters. The molecule has 41 heavy (non-hydrogen) atoms. The predicted octanol–water partition coefficient (Wildman–Crippen LogP) is 2.33. The van der Waals surface area contributed by atoms with Crippen LogP contribution in [0, 0.1) is 5.41 Å². The zero-order valence-electron chi connectivity index (χ0n) is 24.7. The average Bonchev–Trinajstić information content (AvgIpc) is 2.96. The molecule has 2 aliphatic rings. The summed E-state index contributed by atoms with van der Waals surface area (Å²) < 4.78 is 11.1. The topological polar surface area (TPSA) is 139 Å². The predicted molar refractivity (Wildman–Crippen MR) is 152 cm³/mol. The number of hydrogen-bond acceptors (Lipinski definition) is 8. The van der Waals surface area contributed by atoms with Crippen molar-refractivity contribution in [3.63, 3.8) is 0 Å². The Hall–Kier alpha value is -3.57. The summed E-state index contributed by atoms with van der Waals surface area (Å²) in [7, 11) is 1.42. The lowest BCUT2D eigenvalue weighted by atomic mass is 9.86. The Morgan fingerprint density at radius 2 is 1.76 bits per heavy atom. The van der Waals surface area contributed by atoms with E-state index in [1.165, 1.54) is 12.1 Å². The van der Waals surface area contributed by atoms with Crippen LogP contribution in [0.2, 0.25) is 0 Å². The summed E-state index contributed by atoms with van der Waals surface area (Å²) in [6, 6.07) is 7.95. The Bertz CT molecular complexity index is 1310. The number of nitrogens with zero attached hydrogens (tertiary/aromatic N) is 2. The van der Waals surface area contributed by atoms with E-state index in [1.54, 1.807) is 27.7 Å². The molecular weight excluding hydrogens is 526 g/mol. The molecule has 5 bridgehead atoms. The normalized spacial score (nSPS) is 27.1. The number of pyridine rings is 1. The Morgan fingerprint density at radius 3 is 2.49 bits per heavy atom. The van der Waals surface area contributed by atoms with E-state index in [1.807, 2.05) is 37.3 Å². The molecule has 0 radical (unpaired) electrons. The van der Waals surface area contributed by atoms with Gasteiger partial charge in [0.15, 0.2) is 0 Å². The maximum Gasteiger partial charge on any atom is 0.312 e. The number of benzene rings is 1. The maximum atomic E-state index is 13.3. The van der Waals surface area contributed by atoms with Crippen LogP contribution in [0.5, 0.6) is 0 Å². The van der Waals surface area contributed by atoms with Gasteiger partial charge in [-0.05, 0) is 78.0 Å². The minimum Gasteiger partial charge on any atom is -0.449 e. The number of aryl methyl sites for hydroxylation is 1. The monoisotopic (exact) mass is 567 g/mol. The van der Waals surface area contributed by atoms with Crippen molar-refractivity contribution in [3.05, 3.63) is 41.6 Å². The highest BCUT2D eigenvalue weighted by atomic mass is 16.6. The standard InChI is InChI=1S/C30H41N5O6/c1-17-22-12-11-21-10-9-20(16-24(21)33-22)13-14-30(4,5)29(39)41-25(19(3)40-6)27(37)32-18(2)28(38)35-15-7-8-23(34-35)26(36)31-17/h9-12,16-19,23,25,34H,7-8,13-15H2,1-6H3,(H,31,36)(H,32,37)/t17-,18+,19-,23+,25+/m1/s1. The molecule has 3 N–H and O–H groups in total. The van der Waals surface area contributed by atoms with Gasteiger partial charge in [0.1, 0.15) is 18.2 Å². The third kappa shape index (κ3) is 7.02. The number of hydrogen-bond donors (Lipinski definition) is 3. The van der Waals surface area contributed by atoms with Gasteiger partial charge in [0, 0.05) is 19.0 Å². The van der Waals surface area contributed by atoms with Gasteiger partial charge in [0.05, 0.1) is 22.7 Å². The first-order valence-corrected chi connectivity index (χ1v) is 14.2. The van der Waals surface area contributed by atoms with E-state index in [9.17, 15) is 19.2 Å². The number of methoxy groups -OCH3 is 1. The SMILES string of the molecule is CO[C@H](C)[C@@H]1OC(=O)C(C)(C)CCc2ccc3ccc(nc3c2)[C@@H](C)NC(=O)[C@@H]2CCCN(N2)C(=O)[C@H](C)NC1=O. The van der Waals surface area contributed by atoms with Crippen molar-refractivity contribution >= 4 is 34.6 Å². The highest BCUT2D eigenvalue weighted by Gasteiger charge is 2.38. The maximum absolute atomic E-state index is 13.3. The molecule has 4 rings (SSSR count). The fourth-order valence-corrected chi connectivity index (χ4v) is 5.01. The van der Waals surface area contributed by atoms with Crippen molar-refractivity contribution in [1.82, 2.24) is 26.1 Å². The van der Waals surface area contributed by atoms with Crippen LogP contribution in [0.4, 0.5) is 0 Å². The molecule has 2 aromatic rings. The summed E-state index contributed by atoms with van der Waals surface area (Å²) in [6.45, 7) is 9.01. The number of esters is 1. The molecule has 1 saturated heterocycles. The Labute approximate surface area is 240 Å². The summed E-state index contributed by atoms with van der Waals surface area (Å²) in [5, 5.41) is 8.02. The molecule has 11 nitrogen and oxygen atoms in total. The lowest BCUT2D eigenvalue weighted by molar-refractivity contribution is -0.172. The fraction of sp³-hybridized carbons (Fsp3) is 0.567. The van der Waals surface area contributed by atoms with Crippen molar-refractivity contribution < 1.29 is 28.7 Å². The number of hydrazine groups is 1. The largest absolute Gasteiger partial charge is 0.449 e. The van der Waals surface area contributed by atoms with Gasteiger partial charge >= 0.3 is 5.97 Å². The number of carbonyl (C=O) groups excluding carboxylic acids is 4. The summed E-state index contributed by atoms with van der Waals surface area (Å²) >= 11 is 0. The number of nitrogens with one attached hydrogen (secondary N) is 3. The number of aromatic nitrogens is 1. The van der Waals surface area contributed by atoms with Crippen molar-refractivity contribution in [3.8, 4) is 0 Å². The smallest absolute Gasteiger partial charge is 0.312 e. The minimum atomic E-state index is -1.26. The second kappa shape index (κ2) is 12.5. The van der Waals surface area contributed by atoms with Crippen LogP contribution >= 0.6 is 0 Å². The van der Waals surface area contributed by atoms with E-state index in [4.69, 9.17) is 14.5 Å². The van der Waals surface area contributed by atoms with Gasteiger partial charge in [0.25, 0.3) is 11.8 Å². The first-order valence-electron chi connectivity index (χ1n) is 14.2. The number of fused-ring (bicyclic) bond motifs is 4. The number of amides is 3. The van der Waals surface area contributed by atoms with Crippen molar-refractivity contribution in [1.29, 1.82) is 0 Å². The van der Waals surface area contributed by atoms with E-state index >= 15 is 0 Å². The molecule has 2 aliphatic heterocycles. The molecule has 0 spiro atoms. The van der Waals surface area contributed by atoms with E-state index in [0.29, 0.717) is 32.2 Å². The van der Waals surface area contributed by atoms with E-state index in [-0.39, 0.29) is 11.9 Å². The summed E-state index contributed by atoms with van der Waals surface area (Å²) in [5.74, 6) is -1.81. The first-order chi connectivity index (χ1) is 19.4. The first kappa shape index (κ1) is 30.4. The number of carbonyl (C=O) groups is 4. The third-order valence-corrected chi connectivity index (χ3v) is 7.96. The molecule has 3 heterocycles. The Morgan fingerprint density at radius 1 is 1.05 bits per heavy atom. The molecule has 0 aliphatic carbocycles. The Balaban J connectivity index is 1.67. The van der Waals surface area contributed by atoms with Crippen molar-refractivity contribution in [2.24, 2.45) is 5.41 Å². The van der Waals surface area contributed by atoms with Gasteiger partial charge in [-0.1, -0.05) is 18.2 Å². The average molecular weight is 568 g/mol. The lowest BCUT2D eigenvalue weighted by Crippen LogP contribution is -2.61. The summed E-state index contributed by atoms with van der Waals surface area (Å²) in [5.41, 5.74) is 4.63. The van der Waals surface area contributed by atoms with E-state index in [0.717, 1.165) is 22.2 Å². The number of cyclic esters (lactones) is 1. The molecule has 222 valence electrons.